The molecule has 0 atom stereocenters. The van der Waals surface area contributed by atoms with Crippen LogP contribution in [0.3, 0.4) is 0 Å². The summed E-state index contributed by atoms with van der Waals surface area (Å²) in [6.45, 7) is 1.24. The summed E-state index contributed by atoms with van der Waals surface area (Å²) in [7, 11) is 1.66. The maximum atomic E-state index is 10.7. The number of nitro benzene ring substituents is 1. The molecule has 7 nitrogen and oxygen atoms in total. The lowest BCUT2D eigenvalue weighted by atomic mass is 10.1. The van der Waals surface area contributed by atoms with E-state index in [1.807, 2.05) is 12.1 Å². The first-order valence-electron chi connectivity index (χ1n) is 9.05. The van der Waals surface area contributed by atoms with Crippen molar-refractivity contribution in [1.82, 2.24) is 10.6 Å². The van der Waals surface area contributed by atoms with Crippen LogP contribution in [0.2, 0.25) is 0 Å². The van der Waals surface area contributed by atoms with E-state index in [2.05, 4.69) is 27.8 Å². The maximum Gasteiger partial charge on any atom is 0.269 e. The van der Waals surface area contributed by atoms with E-state index >= 15 is 0 Å². The van der Waals surface area contributed by atoms with Crippen molar-refractivity contribution in [2.24, 2.45) is 4.99 Å². The SMILES string of the molecule is COc1ccc(CCNC(=NCc2ccc([N+](=O)[O-])cc2)NC2CC2)cc1. The van der Waals surface area contributed by atoms with Crippen LogP contribution >= 0.6 is 0 Å². The number of hydrogen-bond donors (Lipinski definition) is 2. The van der Waals surface area contributed by atoms with Crippen LogP contribution in [0.5, 0.6) is 5.75 Å². The summed E-state index contributed by atoms with van der Waals surface area (Å²) in [5, 5.41) is 17.5. The normalized spacial score (nSPS) is 13.9. The molecule has 0 amide bonds. The van der Waals surface area contributed by atoms with Gasteiger partial charge in [0, 0.05) is 24.7 Å². The number of rotatable bonds is 8. The van der Waals surface area contributed by atoms with Crippen molar-refractivity contribution in [3.63, 3.8) is 0 Å². The van der Waals surface area contributed by atoms with Crippen molar-refractivity contribution in [3.8, 4) is 5.75 Å². The fourth-order valence-electron chi connectivity index (χ4n) is 2.58. The highest BCUT2D eigenvalue weighted by molar-refractivity contribution is 5.80. The van der Waals surface area contributed by atoms with Gasteiger partial charge in [0.25, 0.3) is 5.69 Å². The number of benzene rings is 2. The van der Waals surface area contributed by atoms with Gasteiger partial charge in [-0.3, -0.25) is 10.1 Å². The van der Waals surface area contributed by atoms with E-state index in [4.69, 9.17) is 4.74 Å². The molecular formula is C20H24N4O3. The number of methoxy groups -OCH3 is 1. The first kappa shape index (κ1) is 18.7. The van der Waals surface area contributed by atoms with Crippen LogP contribution in [0, 0.1) is 10.1 Å². The summed E-state index contributed by atoms with van der Waals surface area (Å²) < 4.78 is 5.17. The molecule has 0 radical (unpaired) electrons. The molecule has 0 heterocycles. The number of non-ortho nitro benzene ring substituents is 1. The average Bonchev–Trinajstić information content (AvgIpc) is 3.51. The molecule has 7 heteroatoms. The molecule has 0 bridgehead atoms. The Kier molecular flexibility index (Phi) is 6.25. The summed E-state index contributed by atoms with van der Waals surface area (Å²) in [6, 6.07) is 15.0. The van der Waals surface area contributed by atoms with Crippen molar-refractivity contribution >= 4 is 11.6 Å². The lowest BCUT2D eigenvalue weighted by Crippen LogP contribution is -2.39. The highest BCUT2D eigenvalue weighted by Gasteiger charge is 2.22. The zero-order valence-electron chi connectivity index (χ0n) is 15.4. The van der Waals surface area contributed by atoms with Crippen molar-refractivity contribution in [2.75, 3.05) is 13.7 Å². The zero-order chi connectivity index (χ0) is 19.1. The van der Waals surface area contributed by atoms with Gasteiger partial charge in [-0.15, -0.1) is 0 Å². The maximum absolute atomic E-state index is 10.7. The Labute approximate surface area is 158 Å². The number of nitrogens with one attached hydrogen (secondary N) is 2. The first-order chi connectivity index (χ1) is 13.1. The van der Waals surface area contributed by atoms with Crippen molar-refractivity contribution in [1.29, 1.82) is 0 Å². The van der Waals surface area contributed by atoms with Gasteiger partial charge in [0.05, 0.1) is 18.6 Å². The average molecular weight is 368 g/mol. The van der Waals surface area contributed by atoms with Crippen LogP contribution in [-0.2, 0) is 13.0 Å². The second-order valence-electron chi connectivity index (χ2n) is 6.53. The van der Waals surface area contributed by atoms with Crippen LogP contribution in [0.1, 0.15) is 24.0 Å². The molecular weight excluding hydrogens is 344 g/mol. The molecule has 0 spiro atoms. The fraction of sp³-hybridized carbons (Fsp3) is 0.350. The molecule has 0 saturated heterocycles. The van der Waals surface area contributed by atoms with E-state index in [0.717, 1.165) is 43.1 Å². The number of hydrogen-bond acceptors (Lipinski definition) is 4. The molecule has 0 aromatic heterocycles. The van der Waals surface area contributed by atoms with E-state index < -0.39 is 4.92 Å². The Balaban J connectivity index is 1.54. The minimum atomic E-state index is -0.395. The molecule has 0 aliphatic heterocycles. The van der Waals surface area contributed by atoms with Gasteiger partial charge in [-0.25, -0.2) is 4.99 Å². The summed E-state index contributed by atoms with van der Waals surface area (Å²) in [6.07, 6.45) is 3.21. The molecule has 2 aromatic carbocycles. The zero-order valence-corrected chi connectivity index (χ0v) is 15.4. The molecule has 1 saturated carbocycles. The minimum absolute atomic E-state index is 0.0941. The second-order valence-corrected chi connectivity index (χ2v) is 6.53. The minimum Gasteiger partial charge on any atom is -0.497 e. The molecule has 1 aliphatic carbocycles. The Bertz CT molecular complexity index is 784. The summed E-state index contributed by atoms with van der Waals surface area (Å²) >= 11 is 0. The predicted molar refractivity (Wildman–Crippen MR) is 105 cm³/mol. The molecule has 27 heavy (non-hydrogen) atoms. The fourth-order valence-corrected chi connectivity index (χ4v) is 2.58. The Morgan fingerprint density at radius 2 is 1.81 bits per heavy atom. The Hall–Kier alpha value is -3.09. The number of ether oxygens (including phenoxy) is 1. The quantitative estimate of drug-likeness (QED) is 0.324. The highest BCUT2D eigenvalue weighted by atomic mass is 16.6. The van der Waals surface area contributed by atoms with Gasteiger partial charge >= 0.3 is 0 Å². The summed E-state index contributed by atoms with van der Waals surface area (Å²) in [4.78, 5) is 14.9. The standard InChI is InChI=1S/C20H24N4O3/c1-27-19-10-4-15(5-11-19)12-13-21-20(23-17-6-7-17)22-14-16-2-8-18(9-3-16)24(25)26/h2-5,8-11,17H,6-7,12-14H2,1H3,(H2,21,22,23). The van der Waals surface area contributed by atoms with Crippen LogP contribution in [0.25, 0.3) is 0 Å². The number of nitrogens with zero attached hydrogens (tertiary/aromatic N) is 2. The third-order valence-corrected chi connectivity index (χ3v) is 4.35. The van der Waals surface area contributed by atoms with Gasteiger partial charge in [-0.05, 0) is 42.5 Å². The summed E-state index contributed by atoms with van der Waals surface area (Å²) in [5.41, 5.74) is 2.26. The monoisotopic (exact) mass is 368 g/mol. The Morgan fingerprint density at radius 1 is 1.15 bits per heavy atom. The van der Waals surface area contributed by atoms with Gasteiger partial charge in [0.2, 0.25) is 0 Å². The number of nitro groups is 1. The third kappa shape index (κ3) is 5.99. The second kappa shape index (κ2) is 9.02. The topological polar surface area (TPSA) is 88.8 Å². The van der Waals surface area contributed by atoms with Crippen LogP contribution in [0.4, 0.5) is 5.69 Å². The van der Waals surface area contributed by atoms with Crippen LogP contribution < -0.4 is 15.4 Å². The number of guanidine groups is 1. The van der Waals surface area contributed by atoms with Crippen molar-refractivity contribution in [2.45, 2.75) is 31.8 Å². The predicted octanol–water partition coefficient (Wildman–Crippen LogP) is 3.04. The molecule has 2 N–H and O–H groups in total. The lowest BCUT2D eigenvalue weighted by molar-refractivity contribution is -0.384. The smallest absolute Gasteiger partial charge is 0.269 e. The van der Waals surface area contributed by atoms with Crippen molar-refractivity contribution < 1.29 is 9.66 Å². The van der Waals surface area contributed by atoms with Crippen molar-refractivity contribution in [3.05, 3.63) is 69.8 Å². The van der Waals surface area contributed by atoms with Gasteiger partial charge < -0.3 is 15.4 Å². The van der Waals surface area contributed by atoms with E-state index in [1.54, 1.807) is 19.2 Å². The first-order valence-corrected chi connectivity index (χ1v) is 9.05. The van der Waals surface area contributed by atoms with E-state index in [1.165, 1.54) is 17.7 Å². The van der Waals surface area contributed by atoms with Crippen LogP contribution in [0.15, 0.2) is 53.5 Å². The molecule has 2 aromatic rings. The summed E-state index contributed by atoms with van der Waals surface area (Å²) in [5.74, 6) is 1.64. The highest BCUT2D eigenvalue weighted by Crippen LogP contribution is 2.18. The van der Waals surface area contributed by atoms with E-state index in [-0.39, 0.29) is 5.69 Å². The molecule has 1 aliphatic rings. The lowest BCUT2D eigenvalue weighted by Gasteiger charge is -2.12. The van der Waals surface area contributed by atoms with Crippen LogP contribution in [-0.4, -0.2) is 30.6 Å². The Morgan fingerprint density at radius 3 is 2.41 bits per heavy atom. The number of aliphatic imine (C=N–C) groups is 1. The molecule has 1 fully saturated rings. The van der Waals surface area contributed by atoms with Gasteiger partial charge in [-0.2, -0.15) is 0 Å². The van der Waals surface area contributed by atoms with E-state index in [9.17, 15) is 10.1 Å². The van der Waals surface area contributed by atoms with E-state index in [0.29, 0.717) is 12.6 Å². The van der Waals surface area contributed by atoms with Gasteiger partial charge in [-0.1, -0.05) is 24.3 Å². The molecule has 142 valence electrons. The third-order valence-electron chi connectivity index (χ3n) is 4.35. The molecule has 3 rings (SSSR count). The molecule has 0 unspecified atom stereocenters. The van der Waals surface area contributed by atoms with Gasteiger partial charge in [0.1, 0.15) is 5.75 Å². The van der Waals surface area contributed by atoms with Gasteiger partial charge in [0.15, 0.2) is 5.96 Å². The largest absolute Gasteiger partial charge is 0.497 e.